The number of pyridine rings is 2. The third kappa shape index (κ3) is 3.01. The van der Waals surface area contributed by atoms with Crippen LogP contribution in [0.5, 0.6) is 0 Å². The van der Waals surface area contributed by atoms with Crippen molar-refractivity contribution in [2.75, 3.05) is 11.9 Å². The molecule has 0 spiro atoms. The summed E-state index contributed by atoms with van der Waals surface area (Å²) in [6, 6.07) is 9.88. The molecule has 4 heteroatoms. The molecule has 2 rings (SSSR count). The molecule has 2 aromatic rings. The van der Waals surface area contributed by atoms with Gasteiger partial charge in [0.25, 0.3) is 0 Å². The topological polar surface area (TPSA) is 55.0 Å². The highest BCUT2D eigenvalue weighted by Crippen LogP contribution is 2.11. The predicted molar refractivity (Wildman–Crippen MR) is 68.5 cm³/mol. The van der Waals surface area contributed by atoms with E-state index in [4.69, 9.17) is 5.73 Å². The molecule has 0 aliphatic carbocycles. The van der Waals surface area contributed by atoms with Crippen LogP contribution < -0.4 is 10.6 Å². The van der Waals surface area contributed by atoms with Gasteiger partial charge in [0.05, 0.1) is 12.2 Å². The van der Waals surface area contributed by atoms with E-state index in [-0.39, 0.29) is 0 Å². The molecule has 0 radical (unpaired) electrons. The first kappa shape index (κ1) is 11.5. The quantitative estimate of drug-likeness (QED) is 0.863. The lowest BCUT2D eigenvalue weighted by molar-refractivity contribution is 0.863. The molecule has 0 saturated heterocycles. The molecular formula is C13H16N4. The summed E-state index contributed by atoms with van der Waals surface area (Å²) in [5, 5.41) is 0. The van der Waals surface area contributed by atoms with Gasteiger partial charge in [-0.3, -0.25) is 4.98 Å². The maximum Gasteiger partial charge on any atom is 0.128 e. The van der Waals surface area contributed by atoms with E-state index in [0.717, 1.165) is 23.6 Å². The minimum absolute atomic E-state index is 0.525. The van der Waals surface area contributed by atoms with Gasteiger partial charge in [-0.05, 0) is 23.8 Å². The lowest BCUT2D eigenvalue weighted by Gasteiger charge is -2.17. The minimum atomic E-state index is 0.525. The largest absolute Gasteiger partial charge is 0.354 e. The van der Waals surface area contributed by atoms with Crippen LogP contribution in [0.4, 0.5) is 5.82 Å². The maximum absolute atomic E-state index is 5.54. The number of rotatable bonds is 4. The van der Waals surface area contributed by atoms with Gasteiger partial charge >= 0.3 is 0 Å². The van der Waals surface area contributed by atoms with Gasteiger partial charge in [-0.1, -0.05) is 12.1 Å². The van der Waals surface area contributed by atoms with Crippen molar-refractivity contribution in [1.82, 2.24) is 9.97 Å². The Kier molecular flexibility index (Phi) is 3.67. The van der Waals surface area contributed by atoms with Gasteiger partial charge in [0.2, 0.25) is 0 Å². The summed E-state index contributed by atoms with van der Waals surface area (Å²) < 4.78 is 0. The summed E-state index contributed by atoms with van der Waals surface area (Å²) >= 11 is 0. The zero-order chi connectivity index (χ0) is 12.1. The van der Waals surface area contributed by atoms with Crippen LogP contribution in [0.3, 0.4) is 0 Å². The SMILES string of the molecule is CN(Cc1ccccn1)c1ccc(CN)cn1. The Morgan fingerprint density at radius 3 is 2.65 bits per heavy atom. The first-order valence-electron chi connectivity index (χ1n) is 5.55. The van der Waals surface area contributed by atoms with Crippen molar-refractivity contribution in [2.45, 2.75) is 13.1 Å². The monoisotopic (exact) mass is 228 g/mol. The van der Waals surface area contributed by atoms with Gasteiger partial charge < -0.3 is 10.6 Å². The highest BCUT2D eigenvalue weighted by molar-refractivity contribution is 5.38. The van der Waals surface area contributed by atoms with Gasteiger partial charge in [0.1, 0.15) is 5.82 Å². The molecule has 17 heavy (non-hydrogen) atoms. The van der Waals surface area contributed by atoms with E-state index < -0.39 is 0 Å². The van der Waals surface area contributed by atoms with Crippen molar-refractivity contribution in [3.63, 3.8) is 0 Å². The van der Waals surface area contributed by atoms with Crippen LogP contribution in [0, 0.1) is 0 Å². The first-order valence-corrected chi connectivity index (χ1v) is 5.55. The van der Waals surface area contributed by atoms with Crippen molar-refractivity contribution in [1.29, 1.82) is 0 Å². The van der Waals surface area contributed by atoms with Crippen LogP contribution >= 0.6 is 0 Å². The Balaban J connectivity index is 2.06. The van der Waals surface area contributed by atoms with E-state index in [1.54, 1.807) is 6.20 Å². The zero-order valence-electron chi connectivity index (χ0n) is 9.87. The van der Waals surface area contributed by atoms with Gasteiger partial charge in [-0.2, -0.15) is 0 Å². The van der Waals surface area contributed by atoms with E-state index in [0.29, 0.717) is 6.54 Å². The van der Waals surface area contributed by atoms with Crippen molar-refractivity contribution >= 4 is 5.82 Å². The molecule has 0 fully saturated rings. The van der Waals surface area contributed by atoms with Gasteiger partial charge in [-0.15, -0.1) is 0 Å². The van der Waals surface area contributed by atoms with Crippen LogP contribution in [0.25, 0.3) is 0 Å². The molecule has 0 aliphatic heterocycles. The maximum atomic E-state index is 5.54. The van der Waals surface area contributed by atoms with E-state index in [1.807, 2.05) is 43.6 Å². The van der Waals surface area contributed by atoms with Gasteiger partial charge in [0, 0.05) is 26.0 Å². The number of aromatic nitrogens is 2. The Hall–Kier alpha value is -1.94. The summed E-state index contributed by atoms with van der Waals surface area (Å²) in [5.41, 5.74) is 7.61. The van der Waals surface area contributed by atoms with Gasteiger partial charge in [0.15, 0.2) is 0 Å². The highest BCUT2D eigenvalue weighted by atomic mass is 15.2. The summed E-state index contributed by atoms with van der Waals surface area (Å²) in [7, 11) is 2.00. The molecule has 0 amide bonds. The molecular weight excluding hydrogens is 212 g/mol. The van der Waals surface area contributed by atoms with Crippen molar-refractivity contribution in [3.05, 3.63) is 54.0 Å². The second-order valence-electron chi connectivity index (χ2n) is 3.91. The average Bonchev–Trinajstić information content (AvgIpc) is 2.40. The Morgan fingerprint density at radius 2 is 2.06 bits per heavy atom. The summed E-state index contributed by atoms with van der Waals surface area (Å²) in [6.45, 7) is 1.27. The number of nitrogens with two attached hydrogens (primary N) is 1. The standard InChI is InChI=1S/C13H16N4/c1-17(10-12-4-2-3-7-15-12)13-6-5-11(8-14)9-16-13/h2-7,9H,8,10,14H2,1H3. The molecule has 88 valence electrons. The van der Waals surface area contributed by atoms with E-state index in [1.165, 1.54) is 0 Å². The van der Waals surface area contributed by atoms with Crippen LogP contribution in [-0.2, 0) is 13.1 Å². The number of nitrogens with zero attached hydrogens (tertiary/aromatic N) is 3. The van der Waals surface area contributed by atoms with Gasteiger partial charge in [-0.25, -0.2) is 4.98 Å². The van der Waals surface area contributed by atoms with Crippen LogP contribution in [-0.4, -0.2) is 17.0 Å². The normalized spacial score (nSPS) is 10.2. The molecule has 0 saturated carbocycles. The van der Waals surface area contributed by atoms with Crippen molar-refractivity contribution in [3.8, 4) is 0 Å². The average molecular weight is 228 g/mol. The molecule has 0 unspecified atom stereocenters. The number of hydrogen-bond donors (Lipinski definition) is 1. The number of anilines is 1. The third-order valence-corrected chi connectivity index (χ3v) is 2.56. The Labute approximate surface area is 101 Å². The molecule has 2 N–H and O–H groups in total. The fraction of sp³-hybridized carbons (Fsp3) is 0.231. The van der Waals surface area contributed by atoms with Crippen LogP contribution in [0.1, 0.15) is 11.3 Å². The lowest BCUT2D eigenvalue weighted by atomic mass is 10.3. The van der Waals surface area contributed by atoms with E-state index >= 15 is 0 Å². The van der Waals surface area contributed by atoms with E-state index in [2.05, 4.69) is 14.9 Å². The second-order valence-corrected chi connectivity index (χ2v) is 3.91. The smallest absolute Gasteiger partial charge is 0.128 e. The molecule has 2 heterocycles. The molecule has 0 aromatic carbocycles. The molecule has 4 nitrogen and oxygen atoms in total. The molecule has 0 bridgehead atoms. The lowest BCUT2D eigenvalue weighted by Crippen LogP contribution is -2.18. The molecule has 0 aliphatic rings. The van der Waals surface area contributed by atoms with Crippen LogP contribution in [0.15, 0.2) is 42.7 Å². The fourth-order valence-electron chi connectivity index (χ4n) is 1.58. The number of hydrogen-bond acceptors (Lipinski definition) is 4. The minimum Gasteiger partial charge on any atom is -0.354 e. The summed E-state index contributed by atoms with van der Waals surface area (Å²) in [6.07, 6.45) is 3.61. The van der Waals surface area contributed by atoms with Crippen LogP contribution in [0.2, 0.25) is 0 Å². The first-order chi connectivity index (χ1) is 8.29. The Morgan fingerprint density at radius 1 is 1.18 bits per heavy atom. The molecule has 2 aromatic heterocycles. The summed E-state index contributed by atoms with van der Waals surface area (Å²) in [5.74, 6) is 0.924. The third-order valence-electron chi connectivity index (χ3n) is 2.56. The predicted octanol–water partition coefficient (Wildman–Crippen LogP) is 1.57. The Bertz CT molecular complexity index is 453. The van der Waals surface area contributed by atoms with Crippen molar-refractivity contribution < 1.29 is 0 Å². The molecule has 0 atom stereocenters. The van der Waals surface area contributed by atoms with Crippen molar-refractivity contribution in [2.24, 2.45) is 5.73 Å². The summed E-state index contributed by atoms with van der Waals surface area (Å²) in [4.78, 5) is 10.7. The highest BCUT2D eigenvalue weighted by Gasteiger charge is 2.03. The zero-order valence-corrected chi connectivity index (χ0v) is 9.87. The van der Waals surface area contributed by atoms with E-state index in [9.17, 15) is 0 Å². The second kappa shape index (κ2) is 5.41. The fourth-order valence-corrected chi connectivity index (χ4v) is 1.58.